The Morgan fingerprint density at radius 2 is 2.25 bits per heavy atom. The fourth-order valence-corrected chi connectivity index (χ4v) is 2.34. The van der Waals surface area contributed by atoms with Crippen molar-refractivity contribution < 1.29 is 9.90 Å². The van der Waals surface area contributed by atoms with E-state index in [1.807, 2.05) is 18.2 Å². The first-order valence-corrected chi connectivity index (χ1v) is 5.67. The molecule has 0 saturated carbocycles. The lowest BCUT2D eigenvalue weighted by atomic mass is 10.00. The number of fused-ring (bicyclic) bond motifs is 1. The van der Waals surface area contributed by atoms with E-state index in [1.165, 1.54) is 5.56 Å². The molecule has 1 aromatic carbocycles. The molecule has 16 heavy (non-hydrogen) atoms. The van der Waals surface area contributed by atoms with Crippen molar-refractivity contribution in [2.45, 2.75) is 18.8 Å². The zero-order chi connectivity index (χ0) is 11.5. The third kappa shape index (κ3) is 1.95. The van der Waals surface area contributed by atoms with Gasteiger partial charge in [0.15, 0.2) is 0 Å². The summed E-state index contributed by atoms with van der Waals surface area (Å²) in [5, 5.41) is 8.83. The molecule has 0 unspecified atom stereocenters. The van der Waals surface area contributed by atoms with Gasteiger partial charge in [0, 0.05) is 13.6 Å². The second-order valence-corrected chi connectivity index (χ2v) is 4.27. The Hall–Kier alpha value is -1.35. The summed E-state index contributed by atoms with van der Waals surface area (Å²) in [5.74, 6) is 0.117. The van der Waals surface area contributed by atoms with Crippen LogP contribution in [0.3, 0.4) is 0 Å². The Morgan fingerprint density at radius 3 is 3.00 bits per heavy atom. The van der Waals surface area contributed by atoms with Gasteiger partial charge in [-0.2, -0.15) is 0 Å². The van der Waals surface area contributed by atoms with E-state index in [0.29, 0.717) is 6.54 Å². The molecule has 1 aliphatic carbocycles. The van der Waals surface area contributed by atoms with Crippen LogP contribution in [0.2, 0.25) is 0 Å². The van der Waals surface area contributed by atoms with Gasteiger partial charge in [0.2, 0.25) is 5.91 Å². The molecule has 1 aromatic rings. The quantitative estimate of drug-likeness (QED) is 0.829. The molecule has 0 bridgehead atoms. The summed E-state index contributed by atoms with van der Waals surface area (Å²) < 4.78 is 0. The topological polar surface area (TPSA) is 40.5 Å². The summed E-state index contributed by atoms with van der Waals surface area (Å²) in [6.07, 6.45) is 1.88. The summed E-state index contributed by atoms with van der Waals surface area (Å²) in [7, 11) is 1.75. The van der Waals surface area contributed by atoms with Crippen LogP contribution in [0.4, 0.5) is 0 Å². The van der Waals surface area contributed by atoms with Crippen LogP contribution in [-0.4, -0.2) is 36.1 Å². The molecule has 3 nitrogen and oxygen atoms in total. The third-order valence-electron chi connectivity index (χ3n) is 3.24. The smallest absolute Gasteiger partial charge is 0.229 e. The number of carbonyl (C=O) groups is 1. The zero-order valence-electron chi connectivity index (χ0n) is 9.52. The first kappa shape index (κ1) is 11.1. The van der Waals surface area contributed by atoms with Gasteiger partial charge in [0.1, 0.15) is 0 Å². The number of hydrogen-bond donors (Lipinski definition) is 1. The molecule has 3 heteroatoms. The van der Waals surface area contributed by atoms with Crippen LogP contribution in [0.5, 0.6) is 0 Å². The summed E-state index contributed by atoms with van der Waals surface area (Å²) in [5.41, 5.74) is 2.45. The fourth-order valence-electron chi connectivity index (χ4n) is 2.34. The van der Waals surface area contributed by atoms with Crippen LogP contribution in [0, 0.1) is 0 Å². The number of aliphatic hydroxyl groups is 1. The van der Waals surface area contributed by atoms with Gasteiger partial charge >= 0.3 is 0 Å². The van der Waals surface area contributed by atoms with Gasteiger partial charge in [-0.1, -0.05) is 24.3 Å². The lowest BCUT2D eigenvalue weighted by molar-refractivity contribution is -0.131. The number of aryl methyl sites for hydroxylation is 1. The highest BCUT2D eigenvalue weighted by Crippen LogP contribution is 2.33. The monoisotopic (exact) mass is 219 g/mol. The second kappa shape index (κ2) is 4.66. The highest BCUT2D eigenvalue weighted by molar-refractivity contribution is 5.84. The van der Waals surface area contributed by atoms with Crippen LogP contribution in [0.15, 0.2) is 24.3 Å². The van der Waals surface area contributed by atoms with Crippen molar-refractivity contribution in [3.05, 3.63) is 35.4 Å². The summed E-state index contributed by atoms with van der Waals surface area (Å²) in [4.78, 5) is 13.7. The number of nitrogens with zero attached hydrogens (tertiary/aromatic N) is 1. The number of benzene rings is 1. The van der Waals surface area contributed by atoms with Crippen molar-refractivity contribution in [1.82, 2.24) is 4.90 Å². The van der Waals surface area contributed by atoms with E-state index in [9.17, 15) is 4.79 Å². The Morgan fingerprint density at radius 1 is 1.50 bits per heavy atom. The Labute approximate surface area is 95.7 Å². The lowest BCUT2D eigenvalue weighted by Crippen LogP contribution is -2.33. The van der Waals surface area contributed by atoms with Gasteiger partial charge in [-0.3, -0.25) is 4.79 Å². The normalized spacial score (nSPS) is 18.2. The van der Waals surface area contributed by atoms with Crippen molar-refractivity contribution in [2.75, 3.05) is 20.2 Å². The molecule has 0 saturated heterocycles. The Bertz CT molecular complexity index is 389. The van der Waals surface area contributed by atoms with Gasteiger partial charge in [0.05, 0.1) is 12.5 Å². The Kier molecular flexibility index (Phi) is 3.25. The predicted molar refractivity (Wildman–Crippen MR) is 62.2 cm³/mol. The molecule has 86 valence electrons. The zero-order valence-corrected chi connectivity index (χ0v) is 9.52. The molecule has 2 rings (SSSR count). The lowest BCUT2D eigenvalue weighted by Gasteiger charge is -2.20. The highest BCUT2D eigenvalue weighted by Gasteiger charge is 2.29. The standard InChI is InChI=1S/C13H17NO2/c1-14(8-9-15)13(16)12-7-6-10-4-2-3-5-11(10)12/h2-5,12,15H,6-9H2,1H3/t12-/m0/s1. The second-order valence-electron chi connectivity index (χ2n) is 4.27. The predicted octanol–water partition coefficient (Wildman–Crippen LogP) is 1.17. The molecule has 0 fully saturated rings. The maximum atomic E-state index is 12.1. The summed E-state index contributed by atoms with van der Waals surface area (Å²) in [6.45, 7) is 0.439. The van der Waals surface area contributed by atoms with Crippen molar-refractivity contribution in [2.24, 2.45) is 0 Å². The molecule has 1 atom stereocenters. The average molecular weight is 219 g/mol. The molecular weight excluding hydrogens is 202 g/mol. The van der Waals surface area contributed by atoms with E-state index in [4.69, 9.17) is 5.11 Å². The van der Waals surface area contributed by atoms with E-state index in [-0.39, 0.29) is 18.4 Å². The van der Waals surface area contributed by atoms with E-state index >= 15 is 0 Å². The fraction of sp³-hybridized carbons (Fsp3) is 0.462. The van der Waals surface area contributed by atoms with Crippen molar-refractivity contribution >= 4 is 5.91 Å². The highest BCUT2D eigenvalue weighted by atomic mass is 16.3. The van der Waals surface area contributed by atoms with Crippen LogP contribution >= 0.6 is 0 Å². The molecule has 0 aromatic heterocycles. The van der Waals surface area contributed by atoms with E-state index in [2.05, 4.69) is 6.07 Å². The molecule has 1 N–H and O–H groups in total. The maximum Gasteiger partial charge on any atom is 0.229 e. The number of carbonyl (C=O) groups excluding carboxylic acids is 1. The molecule has 0 aliphatic heterocycles. The number of hydrogen-bond acceptors (Lipinski definition) is 2. The van der Waals surface area contributed by atoms with Gasteiger partial charge < -0.3 is 10.0 Å². The van der Waals surface area contributed by atoms with Crippen LogP contribution in [-0.2, 0) is 11.2 Å². The first-order chi connectivity index (χ1) is 7.74. The average Bonchev–Trinajstić information content (AvgIpc) is 2.72. The molecule has 0 spiro atoms. The minimum absolute atomic E-state index is 0.00671. The number of aliphatic hydroxyl groups excluding tert-OH is 1. The number of likely N-dealkylation sites (N-methyl/N-ethyl adjacent to an activating group) is 1. The van der Waals surface area contributed by atoms with Crippen LogP contribution < -0.4 is 0 Å². The molecule has 0 radical (unpaired) electrons. The number of amides is 1. The minimum Gasteiger partial charge on any atom is -0.395 e. The largest absolute Gasteiger partial charge is 0.395 e. The number of rotatable bonds is 3. The van der Waals surface area contributed by atoms with Crippen molar-refractivity contribution in [3.63, 3.8) is 0 Å². The van der Waals surface area contributed by atoms with Crippen LogP contribution in [0.25, 0.3) is 0 Å². The van der Waals surface area contributed by atoms with Crippen LogP contribution in [0.1, 0.15) is 23.5 Å². The van der Waals surface area contributed by atoms with Crippen molar-refractivity contribution in [1.29, 1.82) is 0 Å². The van der Waals surface area contributed by atoms with Gasteiger partial charge in [0.25, 0.3) is 0 Å². The molecule has 1 aliphatic rings. The minimum atomic E-state index is -0.00671. The SMILES string of the molecule is CN(CCO)C(=O)[C@H]1CCc2ccccc21. The van der Waals surface area contributed by atoms with E-state index < -0.39 is 0 Å². The van der Waals surface area contributed by atoms with E-state index in [1.54, 1.807) is 11.9 Å². The Balaban J connectivity index is 2.16. The van der Waals surface area contributed by atoms with Gasteiger partial charge in [-0.25, -0.2) is 0 Å². The third-order valence-corrected chi connectivity index (χ3v) is 3.24. The van der Waals surface area contributed by atoms with Crippen molar-refractivity contribution in [3.8, 4) is 0 Å². The first-order valence-electron chi connectivity index (χ1n) is 5.67. The molecule has 0 heterocycles. The van der Waals surface area contributed by atoms with Gasteiger partial charge in [-0.15, -0.1) is 0 Å². The maximum absolute atomic E-state index is 12.1. The molecule has 1 amide bonds. The summed E-state index contributed by atoms with van der Waals surface area (Å²) in [6, 6.07) is 8.13. The van der Waals surface area contributed by atoms with Gasteiger partial charge in [-0.05, 0) is 24.0 Å². The van der Waals surface area contributed by atoms with E-state index in [0.717, 1.165) is 18.4 Å². The molecular formula is C13H17NO2. The summed E-state index contributed by atoms with van der Waals surface area (Å²) >= 11 is 0.